The Morgan fingerprint density at radius 2 is 1.65 bits per heavy atom. The minimum absolute atomic E-state index is 0.0362. The van der Waals surface area contributed by atoms with Crippen molar-refractivity contribution in [3.05, 3.63) is 64.2 Å². The molecule has 1 fully saturated rings. The van der Waals surface area contributed by atoms with Gasteiger partial charge in [0, 0.05) is 23.6 Å². The monoisotopic (exact) mass is 487 g/mol. The highest BCUT2D eigenvalue weighted by Gasteiger charge is 2.46. The van der Waals surface area contributed by atoms with Crippen molar-refractivity contribution < 1.29 is 34.1 Å². The fraction of sp³-hybridized carbons (Fsp3) is 0.320. The molecule has 0 spiro atoms. The van der Waals surface area contributed by atoms with E-state index in [9.17, 15) is 19.5 Å². The number of rotatable bonds is 10. The number of aliphatic hydroxyl groups is 1. The van der Waals surface area contributed by atoms with Gasteiger partial charge in [0.15, 0.2) is 11.5 Å². The number of aliphatic carboxylic acids is 1. The molecule has 2 aromatic carbocycles. The number of unbranched alkanes of at least 4 members (excludes halogenated alkanes) is 2. The highest BCUT2D eigenvalue weighted by molar-refractivity contribution is 6.46. The van der Waals surface area contributed by atoms with E-state index in [4.69, 9.17) is 26.2 Å². The molecule has 0 saturated carbocycles. The lowest BCUT2D eigenvalue weighted by atomic mass is 9.95. The molecule has 0 aromatic heterocycles. The van der Waals surface area contributed by atoms with Gasteiger partial charge in [0.05, 0.1) is 25.8 Å². The second-order valence-corrected chi connectivity index (χ2v) is 8.25. The van der Waals surface area contributed by atoms with Crippen LogP contribution in [0.25, 0.3) is 5.76 Å². The third kappa shape index (κ3) is 5.34. The molecule has 0 radical (unpaired) electrons. The molecule has 0 aliphatic carbocycles. The van der Waals surface area contributed by atoms with E-state index in [0.29, 0.717) is 46.9 Å². The summed E-state index contributed by atoms with van der Waals surface area (Å²) in [5, 5.41) is 20.4. The summed E-state index contributed by atoms with van der Waals surface area (Å²) in [6, 6.07) is 10.5. The summed E-state index contributed by atoms with van der Waals surface area (Å²) < 4.78 is 10.7. The Morgan fingerprint density at radius 3 is 2.26 bits per heavy atom. The molecule has 0 bridgehead atoms. The van der Waals surface area contributed by atoms with Gasteiger partial charge in [0.1, 0.15) is 5.76 Å². The van der Waals surface area contributed by atoms with E-state index in [0.717, 1.165) is 0 Å². The Kier molecular flexibility index (Phi) is 8.17. The number of ketones is 1. The molecule has 1 heterocycles. The zero-order valence-electron chi connectivity index (χ0n) is 18.9. The summed E-state index contributed by atoms with van der Waals surface area (Å²) in [5.74, 6) is -1.81. The molecule has 1 atom stereocenters. The standard InChI is InChI=1S/C25H26ClNO7/c1-33-18-12-9-16(14-19(18)34-2)22-21(23(30)15-7-10-17(26)11-8-15)24(31)25(32)27(22)13-5-3-4-6-20(28)29/h7-12,14,22,30H,3-6,13H2,1-2H3,(H,28,29)/t22-/m0/s1. The fourth-order valence-corrected chi connectivity index (χ4v) is 4.10. The van der Waals surface area contributed by atoms with Gasteiger partial charge in [-0.3, -0.25) is 14.4 Å². The SMILES string of the molecule is COc1ccc([C@H]2C(=C(O)c3ccc(Cl)cc3)C(=O)C(=O)N2CCCCCC(=O)O)cc1OC. The van der Waals surface area contributed by atoms with E-state index < -0.39 is 23.7 Å². The smallest absolute Gasteiger partial charge is 0.303 e. The number of amides is 1. The number of Topliss-reactive ketones (excluding diaryl/α,β-unsaturated/α-hetero) is 1. The molecule has 1 aliphatic heterocycles. The average Bonchev–Trinajstić information content (AvgIpc) is 3.08. The topological polar surface area (TPSA) is 113 Å². The molecule has 3 rings (SSSR count). The van der Waals surface area contributed by atoms with Crippen molar-refractivity contribution in [3.63, 3.8) is 0 Å². The van der Waals surface area contributed by atoms with Gasteiger partial charge in [-0.05, 0) is 54.8 Å². The van der Waals surface area contributed by atoms with Crippen LogP contribution in [0.1, 0.15) is 42.9 Å². The number of carbonyl (C=O) groups excluding carboxylic acids is 2. The van der Waals surface area contributed by atoms with Crippen LogP contribution in [-0.4, -0.2) is 53.5 Å². The molecule has 1 aliphatic rings. The van der Waals surface area contributed by atoms with E-state index in [2.05, 4.69) is 0 Å². The molecule has 0 unspecified atom stereocenters. The lowest BCUT2D eigenvalue weighted by Crippen LogP contribution is -2.30. The van der Waals surface area contributed by atoms with E-state index >= 15 is 0 Å². The number of likely N-dealkylation sites (tertiary alicyclic amines) is 1. The number of hydrogen-bond donors (Lipinski definition) is 2. The van der Waals surface area contributed by atoms with Crippen molar-refractivity contribution in [2.24, 2.45) is 0 Å². The van der Waals surface area contributed by atoms with Gasteiger partial charge in [0.25, 0.3) is 11.7 Å². The van der Waals surface area contributed by atoms with E-state index in [1.165, 1.54) is 19.1 Å². The first-order valence-electron chi connectivity index (χ1n) is 10.8. The molecule has 8 nitrogen and oxygen atoms in total. The Bertz CT molecular complexity index is 1110. The number of ether oxygens (including phenoxy) is 2. The van der Waals surface area contributed by atoms with Crippen molar-refractivity contribution in [1.82, 2.24) is 4.90 Å². The van der Waals surface area contributed by atoms with Crippen molar-refractivity contribution >= 4 is 35.0 Å². The van der Waals surface area contributed by atoms with Gasteiger partial charge in [-0.25, -0.2) is 0 Å². The van der Waals surface area contributed by atoms with Crippen molar-refractivity contribution in [2.75, 3.05) is 20.8 Å². The Hall–Kier alpha value is -3.52. The first-order chi connectivity index (χ1) is 16.3. The number of carboxylic acid groups (broad SMARTS) is 1. The first-order valence-corrected chi connectivity index (χ1v) is 11.1. The van der Waals surface area contributed by atoms with Gasteiger partial charge >= 0.3 is 5.97 Å². The van der Waals surface area contributed by atoms with Crippen LogP contribution in [0.3, 0.4) is 0 Å². The number of methoxy groups -OCH3 is 2. The van der Waals surface area contributed by atoms with E-state index in [-0.39, 0.29) is 24.3 Å². The second-order valence-electron chi connectivity index (χ2n) is 7.82. The second kappa shape index (κ2) is 11.1. The van der Waals surface area contributed by atoms with Gasteiger partial charge in [-0.15, -0.1) is 0 Å². The van der Waals surface area contributed by atoms with E-state index in [1.54, 1.807) is 42.5 Å². The van der Waals surface area contributed by atoms with Crippen molar-refractivity contribution in [2.45, 2.75) is 31.7 Å². The molecule has 34 heavy (non-hydrogen) atoms. The maximum absolute atomic E-state index is 13.1. The van der Waals surface area contributed by atoms with Crippen LogP contribution < -0.4 is 9.47 Å². The van der Waals surface area contributed by atoms with Crippen LogP contribution >= 0.6 is 11.6 Å². The number of aliphatic hydroxyl groups excluding tert-OH is 1. The minimum atomic E-state index is -0.881. The van der Waals surface area contributed by atoms with Gasteiger partial charge in [-0.1, -0.05) is 24.1 Å². The maximum Gasteiger partial charge on any atom is 0.303 e. The van der Waals surface area contributed by atoms with Crippen LogP contribution in [0, 0.1) is 0 Å². The summed E-state index contributed by atoms with van der Waals surface area (Å²) >= 11 is 5.95. The van der Waals surface area contributed by atoms with Crippen LogP contribution in [0.15, 0.2) is 48.0 Å². The summed E-state index contributed by atoms with van der Waals surface area (Å²) in [6.07, 6.45) is 1.58. The normalized spacial score (nSPS) is 17.1. The summed E-state index contributed by atoms with van der Waals surface area (Å²) in [4.78, 5) is 38.2. The minimum Gasteiger partial charge on any atom is -0.507 e. The molecule has 1 saturated heterocycles. The molecule has 9 heteroatoms. The van der Waals surface area contributed by atoms with Crippen LogP contribution in [0.4, 0.5) is 0 Å². The summed E-state index contributed by atoms with van der Waals surface area (Å²) in [5.41, 5.74) is 0.886. The number of benzene rings is 2. The third-order valence-electron chi connectivity index (χ3n) is 5.67. The molecule has 1 amide bonds. The predicted octanol–water partition coefficient (Wildman–Crippen LogP) is 4.42. The molecular formula is C25H26ClNO7. The Labute approximate surface area is 202 Å². The quantitative estimate of drug-likeness (QED) is 0.220. The Balaban J connectivity index is 2.04. The van der Waals surface area contributed by atoms with Crippen molar-refractivity contribution in [1.29, 1.82) is 0 Å². The number of hydrogen-bond acceptors (Lipinski definition) is 6. The van der Waals surface area contributed by atoms with Gasteiger partial charge in [0.2, 0.25) is 0 Å². The number of halogens is 1. The average molecular weight is 488 g/mol. The largest absolute Gasteiger partial charge is 0.507 e. The summed E-state index contributed by atoms with van der Waals surface area (Å²) in [6.45, 7) is 0.223. The van der Waals surface area contributed by atoms with Crippen LogP contribution in [0.2, 0.25) is 5.02 Å². The third-order valence-corrected chi connectivity index (χ3v) is 5.92. The highest BCUT2D eigenvalue weighted by atomic mass is 35.5. The maximum atomic E-state index is 13.1. The van der Waals surface area contributed by atoms with Crippen LogP contribution in [-0.2, 0) is 14.4 Å². The van der Waals surface area contributed by atoms with Crippen molar-refractivity contribution in [3.8, 4) is 11.5 Å². The molecular weight excluding hydrogens is 462 g/mol. The lowest BCUT2D eigenvalue weighted by molar-refractivity contribution is -0.140. The zero-order chi connectivity index (χ0) is 24.8. The highest BCUT2D eigenvalue weighted by Crippen LogP contribution is 2.42. The Morgan fingerprint density at radius 1 is 0.971 bits per heavy atom. The number of nitrogens with zero attached hydrogens (tertiary/aromatic N) is 1. The fourth-order valence-electron chi connectivity index (χ4n) is 3.98. The molecule has 2 aromatic rings. The predicted molar refractivity (Wildman–Crippen MR) is 126 cm³/mol. The zero-order valence-corrected chi connectivity index (χ0v) is 19.7. The summed E-state index contributed by atoms with van der Waals surface area (Å²) in [7, 11) is 2.98. The number of carbonyl (C=O) groups is 3. The van der Waals surface area contributed by atoms with Crippen LogP contribution in [0.5, 0.6) is 11.5 Å². The first kappa shape index (κ1) is 25.1. The number of carboxylic acids is 1. The molecule has 2 N–H and O–H groups in total. The lowest BCUT2D eigenvalue weighted by Gasteiger charge is -2.26. The molecule has 180 valence electrons. The van der Waals surface area contributed by atoms with E-state index in [1.807, 2.05) is 0 Å². The van der Waals surface area contributed by atoms with Gasteiger partial charge in [-0.2, -0.15) is 0 Å². The van der Waals surface area contributed by atoms with Gasteiger partial charge < -0.3 is 24.6 Å².